The minimum atomic E-state index is -0.320. The summed E-state index contributed by atoms with van der Waals surface area (Å²) in [6.07, 6.45) is 4.52. The number of hydrogen-bond acceptors (Lipinski definition) is 5. The van der Waals surface area contributed by atoms with Crippen molar-refractivity contribution in [1.82, 2.24) is 14.9 Å². The average molecular weight is 298 g/mol. The largest absolute Gasteiger partial charge is 0.461 e. The fourth-order valence-electron chi connectivity index (χ4n) is 2.76. The Morgan fingerprint density at radius 1 is 1.36 bits per heavy atom. The average Bonchev–Trinajstić information content (AvgIpc) is 3.23. The lowest BCUT2D eigenvalue weighted by atomic mass is 10.2. The Hall–Kier alpha value is -2.83. The van der Waals surface area contributed by atoms with Gasteiger partial charge in [-0.1, -0.05) is 5.16 Å². The van der Waals surface area contributed by atoms with Crippen molar-refractivity contribution < 1.29 is 13.7 Å². The summed E-state index contributed by atoms with van der Waals surface area (Å²) in [6, 6.07) is 5.05. The summed E-state index contributed by atoms with van der Waals surface area (Å²) in [5.74, 6) is 1.37. The zero-order valence-electron chi connectivity index (χ0n) is 12.0. The Kier molecular flexibility index (Phi) is 2.85. The van der Waals surface area contributed by atoms with Crippen molar-refractivity contribution in [2.75, 3.05) is 5.32 Å². The van der Waals surface area contributed by atoms with Crippen molar-refractivity contribution in [2.45, 2.75) is 19.3 Å². The maximum Gasteiger partial charge on any atom is 0.279 e. The van der Waals surface area contributed by atoms with Crippen LogP contribution in [0.3, 0.4) is 0 Å². The van der Waals surface area contributed by atoms with Crippen LogP contribution in [-0.2, 0) is 19.9 Å². The summed E-state index contributed by atoms with van der Waals surface area (Å²) in [7, 11) is 1.82. The molecule has 7 heteroatoms. The number of nitrogens with zero attached hydrogens (tertiary/aromatic N) is 3. The number of aryl methyl sites for hydroxylation is 2. The van der Waals surface area contributed by atoms with Gasteiger partial charge < -0.3 is 14.3 Å². The second kappa shape index (κ2) is 4.87. The zero-order chi connectivity index (χ0) is 15.1. The summed E-state index contributed by atoms with van der Waals surface area (Å²) in [4.78, 5) is 12.3. The molecule has 0 spiro atoms. The number of anilines is 1. The smallest absolute Gasteiger partial charge is 0.279 e. The molecule has 3 aromatic rings. The van der Waals surface area contributed by atoms with E-state index >= 15 is 0 Å². The first-order chi connectivity index (χ1) is 10.7. The van der Waals surface area contributed by atoms with Crippen LogP contribution in [0.25, 0.3) is 11.5 Å². The highest BCUT2D eigenvalue weighted by molar-refractivity contribution is 6.03. The number of carbonyl (C=O) groups is 1. The first kappa shape index (κ1) is 12.9. The van der Waals surface area contributed by atoms with Gasteiger partial charge in [-0.05, 0) is 31.4 Å². The summed E-state index contributed by atoms with van der Waals surface area (Å²) in [5, 5.41) is 11.1. The van der Waals surface area contributed by atoms with E-state index in [9.17, 15) is 4.79 Å². The van der Waals surface area contributed by atoms with E-state index in [1.54, 1.807) is 22.9 Å². The second-order valence-corrected chi connectivity index (χ2v) is 5.26. The molecule has 1 aliphatic rings. The molecule has 0 aliphatic heterocycles. The molecule has 1 amide bonds. The number of aromatic nitrogens is 3. The first-order valence-corrected chi connectivity index (χ1v) is 7.09. The predicted octanol–water partition coefficient (Wildman–Crippen LogP) is 2.41. The van der Waals surface area contributed by atoms with Crippen molar-refractivity contribution in [1.29, 1.82) is 0 Å². The monoisotopic (exact) mass is 298 g/mol. The Morgan fingerprint density at radius 3 is 3.09 bits per heavy atom. The minimum Gasteiger partial charge on any atom is -0.461 e. The summed E-state index contributed by atoms with van der Waals surface area (Å²) < 4.78 is 12.1. The van der Waals surface area contributed by atoms with E-state index in [0.29, 0.717) is 11.5 Å². The molecule has 3 aromatic heterocycles. The van der Waals surface area contributed by atoms with Crippen LogP contribution in [0.5, 0.6) is 0 Å². The van der Waals surface area contributed by atoms with E-state index in [4.69, 9.17) is 8.94 Å². The number of amides is 1. The van der Waals surface area contributed by atoms with Crippen LogP contribution in [0, 0.1) is 0 Å². The van der Waals surface area contributed by atoms with Crippen molar-refractivity contribution in [3.05, 3.63) is 41.4 Å². The van der Waals surface area contributed by atoms with Crippen LogP contribution >= 0.6 is 0 Å². The lowest BCUT2D eigenvalue weighted by molar-refractivity contribution is 0.101. The molecular weight excluding hydrogens is 284 g/mol. The lowest BCUT2D eigenvalue weighted by Crippen LogP contribution is -2.16. The van der Waals surface area contributed by atoms with Crippen LogP contribution in [0.4, 0.5) is 5.82 Å². The fraction of sp³-hybridized carbons (Fsp3) is 0.267. The molecule has 112 valence electrons. The van der Waals surface area contributed by atoms with Gasteiger partial charge in [-0.2, -0.15) is 5.10 Å². The molecule has 1 N–H and O–H groups in total. The number of furan rings is 1. The Labute approximate surface area is 125 Å². The maximum absolute atomic E-state index is 12.3. The van der Waals surface area contributed by atoms with Gasteiger partial charge in [0.15, 0.2) is 11.5 Å². The van der Waals surface area contributed by atoms with Crippen LogP contribution in [0.2, 0.25) is 0 Å². The number of hydrogen-bond donors (Lipinski definition) is 1. The molecule has 0 bridgehead atoms. The number of rotatable bonds is 3. The second-order valence-electron chi connectivity index (χ2n) is 5.26. The number of fused-ring (bicyclic) bond motifs is 1. The zero-order valence-corrected chi connectivity index (χ0v) is 12.0. The van der Waals surface area contributed by atoms with E-state index < -0.39 is 0 Å². The van der Waals surface area contributed by atoms with E-state index in [-0.39, 0.29) is 11.6 Å². The van der Waals surface area contributed by atoms with Crippen LogP contribution in [0.1, 0.15) is 28.2 Å². The SMILES string of the molecule is Cn1nc2c(c1NC(=O)c1cc(-c3ccco3)on1)CCC2. The van der Waals surface area contributed by atoms with Crippen molar-refractivity contribution >= 4 is 11.7 Å². The highest BCUT2D eigenvalue weighted by Gasteiger charge is 2.23. The molecule has 3 heterocycles. The molecule has 0 radical (unpaired) electrons. The third-order valence-electron chi connectivity index (χ3n) is 3.81. The fourth-order valence-corrected chi connectivity index (χ4v) is 2.76. The van der Waals surface area contributed by atoms with E-state index in [1.807, 2.05) is 7.05 Å². The van der Waals surface area contributed by atoms with Crippen LogP contribution < -0.4 is 5.32 Å². The highest BCUT2D eigenvalue weighted by atomic mass is 16.5. The summed E-state index contributed by atoms with van der Waals surface area (Å²) >= 11 is 0. The minimum absolute atomic E-state index is 0.208. The van der Waals surface area contributed by atoms with Gasteiger partial charge in [-0.15, -0.1) is 0 Å². The predicted molar refractivity (Wildman–Crippen MR) is 77.4 cm³/mol. The number of nitrogens with one attached hydrogen (secondary N) is 1. The van der Waals surface area contributed by atoms with Crippen LogP contribution in [0.15, 0.2) is 33.4 Å². The van der Waals surface area contributed by atoms with Gasteiger partial charge in [-0.3, -0.25) is 9.48 Å². The van der Waals surface area contributed by atoms with Crippen molar-refractivity contribution in [3.63, 3.8) is 0 Å². The first-order valence-electron chi connectivity index (χ1n) is 7.09. The molecule has 0 aromatic carbocycles. The van der Waals surface area contributed by atoms with Gasteiger partial charge >= 0.3 is 0 Å². The molecule has 0 fully saturated rings. The van der Waals surface area contributed by atoms with Crippen molar-refractivity contribution in [2.24, 2.45) is 7.05 Å². The van der Waals surface area contributed by atoms with Crippen LogP contribution in [-0.4, -0.2) is 20.8 Å². The van der Waals surface area contributed by atoms with Gasteiger partial charge in [-0.25, -0.2) is 0 Å². The molecule has 7 nitrogen and oxygen atoms in total. The summed E-state index contributed by atoms with van der Waals surface area (Å²) in [5.41, 5.74) is 2.39. The molecule has 1 aliphatic carbocycles. The van der Waals surface area contributed by atoms with Gasteiger partial charge in [0.25, 0.3) is 5.91 Å². The topological polar surface area (TPSA) is 86.1 Å². The van der Waals surface area contributed by atoms with Gasteiger partial charge in [0.05, 0.1) is 12.0 Å². The highest BCUT2D eigenvalue weighted by Crippen LogP contribution is 2.28. The van der Waals surface area contributed by atoms with Gasteiger partial charge in [0.2, 0.25) is 5.76 Å². The van der Waals surface area contributed by atoms with E-state index in [1.165, 1.54) is 6.26 Å². The molecule has 0 atom stereocenters. The molecule has 0 unspecified atom stereocenters. The summed E-state index contributed by atoms with van der Waals surface area (Å²) in [6.45, 7) is 0. The molecule has 0 saturated carbocycles. The quantitative estimate of drug-likeness (QED) is 0.802. The molecular formula is C15H14N4O3. The molecule has 4 rings (SSSR count). The van der Waals surface area contributed by atoms with Crippen molar-refractivity contribution in [3.8, 4) is 11.5 Å². The van der Waals surface area contributed by atoms with E-state index in [0.717, 1.165) is 36.3 Å². The number of carbonyl (C=O) groups excluding carboxylic acids is 1. The Balaban J connectivity index is 1.58. The van der Waals surface area contributed by atoms with Gasteiger partial charge in [0.1, 0.15) is 5.82 Å². The Bertz CT molecular complexity index is 829. The third kappa shape index (κ3) is 2.02. The maximum atomic E-state index is 12.3. The lowest BCUT2D eigenvalue weighted by Gasteiger charge is -2.05. The third-order valence-corrected chi connectivity index (χ3v) is 3.81. The van der Waals surface area contributed by atoms with E-state index in [2.05, 4.69) is 15.6 Å². The van der Waals surface area contributed by atoms with Gasteiger partial charge in [0, 0.05) is 18.7 Å². The normalized spacial score (nSPS) is 13.3. The molecule has 22 heavy (non-hydrogen) atoms. The Morgan fingerprint density at radius 2 is 2.27 bits per heavy atom. The standard InChI is InChI=1S/C15H14N4O3/c1-19-14(9-4-2-5-10(9)17-19)16-15(20)11-8-13(22-18-11)12-6-3-7-21-12/h3,6-8H,2,4-5H2,1H3,(H,16,20). The molecule has 0 saturated heterocycles.